The van der Waals surface area contributed by atoms with E-state index in [4.69, 9.17) is 0 Å². The molecule has 0 spiro atoms. The van der Waals surface area contributed by atoms with Crippen LogP contribution in [0.2, 0.25) is 0 Å². The molecule has 1 rings (SSSR count). The third-order valence-corrected chi connectivity index (χ3v) is 3.85. The highest BCUT2D eigenvalue weighted by atomic mass is 16.4. The SMILES string of the molecule is CCCN(CC)CCC(NC)(C(=O)O)c1ccccc1. The van der Waals surface area contributed by atoms with Crippen LogP contribution >= 0.6 is 0 Å². The molecular formula is C16H26N2O2. The second-order valence-electron chi connectivity index (χ2n) is 5.01. The summed E-state index contributed by atoms with van der Waals surface area (Å²) in [6, 6.07) is 9.42. The quantitative estimate of drug-likeness (QED) is 0.728. The Morgan fingerprint density at radius 1 is 1.25 bits per heavy atom. The van der Waals surface area contributed by atoms with Gasteiger partial charge in [0.1, 0.15) is 5.54 Å². The zero-order valence-electron chi connectivity index (χ0n) is 12.7. The fraction of sp³-hybridized carbons (Fsp3) is 0.562. The molecule has 4 heteroatoms. The summed E-state index contributed by atoms with van der Waals surface area (Å²) in [5.74, 6) is -0.821. The monoisotopic (exact) mass is 278 g/mol. The molecule has 0 saturated heterocycles. The number of carbonyl (C=O) groups is 1. The summed E-state index contributed by atoms with van der Waals surface area (Å²) in [4.78, 5) is 14.1. The highest BCUT2D eigenvalue weighted by molar-refractivity contribution is 5.80. The molecule has 1 aromatic rings. The van der Waals surface area contributed by atoms with Gasteiger partial charge in [0.25, 0.3) is 0 Å². The highest BCUT2D eigenvalue weighted by Crippen LogP contribution is 2.25. The standard InChI is InChI=1S/C16H26N2O2/c1-4-12-18(5-2)13-11-16(17-3,15(19)20)14-9-7-6-8-10-14/h6-10,17H,4-5,11-13H2,1-3H3,(H,19,20). The topological polar surface area (TPSA) is 52.6 Å². The maximum absolute atomic E-state index is 11.8. The lowest BCUT2D eigenvalue weighted by molar-refractivity contribution is -0.145. The van der Waals surface area contributed by atoms with E-state index >= 15 is 0 Å². The molecule has 0 aliphatic carbocycles. The third kappa shape index (κ3) is 3.81. The second kappa shape index (κ2) is 8.02. The van der Waals surface area contributed by atoms with Crippen LogP contribution in [0.15, 0.2) is 30.3 Å². The number of benzene rings is 1. The molecule has 4 nitrogen and oxygen atoms in total. The first-order chi connectivity index (χ1) is 9.60. The molecule has 1 aromatic carbocycles. The molecule has 0 aromatic heterocycles. The number of carboxylic acid groups (broad SMARTS) is 1. The van der Waals surface area contributed by atoms with Crippen LogP contribution in [0.1, 0.15) is 32.3 Å². The molecule has 2 N–H and O–H groups in total. The van der Waals surface area contributed by atoms with Crippen LogP contribution < -0.4 is 5.32 Å². The Balaban J connectivity index is 2.93. The van der Waals surface area contributed by atoms with E-state index in [0.29, 0.717) is 6.42 Å². The molecule has 0 aliphatic heterocycles. The zero-order chi connectivity index (χ0) is 15.0. The van der Waals surface area contributed by atoms with Crippen molar-refractivity contribution in [1.29, 1.82) is 0 Å². The molecule has 0 radical (unpaired) electrons. The van der Waals surface area contributed by atoms with Crippen LogP contribution in [0.5, 0.6) is 0 Å². The van der Waals surface area contributed by atoms with Gasteiger partial charge in [0, 0.05) is 6.54 Å². The minimum Gasteiger partial charge on any atom is -0.480 e. The first-order valence-electron chi connectivity index (χ1n) is 7.30. The number of hydrogen-bond acceptors (Lipinski definition) is 3. The molecule has 0 bridgehead atoms. The maximum Gasteiger partial charge on any atom is 0.328 e. The predicted octanol–water partition coefficient (Wildman–Crippen LogP) is 2.31. The minimum absolute atomic E-state index is 0.552. The number of carboxylic acids is 1. The first kappa shape index (κ1) is 16.7. The molecule has 1 atom stereocenters. The number of aliphatic carboxylic acids is 1. The summed E-state index contributed by atoms with van der Waals surface area (Å²) in [5.41, 5.74) is -0.204. The smallest absolute Gasteiger partial charge is 0.328 e. The molecule has 1 unspecified atom stereocenters. The van der Waals surface area contributed by atoms with E-state index in [1.54, 1.807) is 7.05 Å². The largest absolute Gasteiger partial charge is 0.480 e. The zero-order valence-corrected chi connectivity index (χ0v) is 12.7. The van der Waals surface area contributed by atoms with Gasteiger partial charge < -0.3 is 15.3 Å². The summed E-state index contributed by atoms with van der Waals surface area (Å²) >= 11 is 0. The summed E-state index contributed by atoms with van der Waals surface area (Å²) in [5, 5.41) is 12.7. The molecule has 20 heavy (non-hydrogen) atoms. The Morgan fingerprint density at radius 2 is 1.90 bits per heavy atom. The summed E-state index contributed by atoms with van der Waals surface area (Å²) in [6.07, 6.45) is 1.63. The lowest BCUT2D eigenvalue weighted by Crippen LogP contribution is -2.49. The predicted molar refractivity (Wildman–Crippen MR) is 81.8 cm³/mol. The molecule has 0 heterocycles. The van der Waals surface area contributed by atoms with Crippen LogP contribution in [0.4, 0.5) is 0 Å². The Labute approximate surface area is 121 Å². The van der Waals surface area contributed by atoms with Crippen LogP contribution in [-0.2, 0) is 10.3 Å². The van der Waals surface area contributed by atoms with E-state index in [2.05, 4.69) is 24.1 Å². The lowest BCUT2D eigenvalue weighted by Gasteiger charge is -2.32. The fourth-order valence-corrected chi connectivity index (χ4v) is 2.54. The minimum atomic E-state index is -1.01. The molecule has 112 valence electrons. The molecule has 0 fully saturated rings. The van der Waals surface area contributed by atoms with Crippen LogP contribution in [-0.4, -0.2) is 42.7 Å². The van der Waals surface area contributed by atoms with Crippen LogP contribution in [0.25, 0.3) is 0 Å². The summed E-state index contributed by atoms with van der Waals surface area (Å²) < 4.78 is 0. The van der Waals surface area contributed by atoms with Crippen molar-refractivity contribution in [3.8, 4) is 0 Å². The van der Waals surface area contributed by atoms with Gasteiger partial charge in [0.05, 0.1) is 0 Å². The van der Waals surface area contributed by atoms with Crippen molar-refractivity contribution in [3.63, 3.8) is 0 Å². The Hall–Kier alpha value is -1.39. The van der Waals surface area contributed by atoms with Crippen LogP contribution in [0.3, 0.4) is 0 Å². The van der Waals surface area contributed by atoms with Gasteiger partial charge >= 0.3 is 5.97 Å². The van der Waals surface area contributed by atoms with E-state index in [-0.39, 0.29) is 0 Å². The number of hydrogen-bond donors (Lipinski definition) is 2. The molecule has 0 aliphatic rings. The van der Waals surface area contributed by atoms with Gasteiger partial charge in [-0.25, -0.2) is 4.79 Å². The average molecular weight is 278 g/mol. The van der Waals surface area contributed by atoms with E-state index in [1.165, 1.54) is 0 Å². The van der Waals surface area contributed by atoms with Crippen molar-refractivity contribution < 1.29 is 9.90 Å². The highest BCUT2D eigenvalue weighted by Gasteiger charge is 2.38. The molecule has 0 amide bonds. The van der Waals surface area contributed by atoms with E-state index in [1.807, 2.05) is 30.3 Å². The van der Waals surface area contributed by atoms with E-state index in [0.717, 1.165) is 31.6 Å². The van der Waals surface area contributed by atoms with Crippen molar-refractivity contribution in [2.75, 3.05) is 26.7 Å². The van der Waals surface area contributed by atoms with Gasteiger partial charge in [-0.15, -0.1) is 0 Å². The number of likely N-dealkylation sites (N-methyl/N-ethyl adjacent to an activating group) is 1. The molecule has 0 saturated carbocycles. The van der Waals surface area contributed by atoms with Crippen molar-refractivity contribution in [2.24, 2.45) is 0 Å². The summed E-state index contributed by atoms with van der Waals surface area (Å²) in [6.45, 7) is 6.97. The van der Waals surface area contributed by atoms with Gasteiger partial charge in [-0.1, -0.05) is 44.2 Å². The van der Waals surface area contributed by atoms with E-state index < -0.39 is 11.5 Å². The van der Waals surface area contributed by atoms with E-state index in [9.17, 15) is 9.90 Å². The van der Waals surface area contributed by atoms with Gasteiger partial charge in [0.15, 0.2) is 0 Å². The van der Waals surface area contributed by atoms with Crippen molar-refractivity contribution in [3.05, 3.63) is 35.9 Å². The summed E-state index contributed by atoms with van der Waals surface area (Å²) in [7, 11) is 1.72. The number of nitrogens with zero attached hydrogens (tertiary/aromatic N) is 1. The van der Waals surface area contributed by atoms with Gasteiger partial charge in [-0.05, 0) is 38.5 Å². The Bertz CT molecular complexity index is 408. The van der Waals surface area contributed by atoms with Crippen molar-refractivity contribution in [1.82, 2.24) is 10.2 Å². The van der Waals surface area contributed by atoms with Gasteiger partial charge in [0.2, 0.25) is 0 Å². The number of rotatable bonds is 9. The third-order valence-electron chi connectivity index (χ3n) is 3.85. The Morgan fingerprint density at radius 3 is 2.35 bits per heavy atom. The van der Waals surface area contributed by atoms with Crippen molar-refractivity contribution >= 4 is 5.97 Å². The first-order valence-corrected chi connectivity index (χ1v) is 7.30. The van der Waals surface area contributed by atoms with Crippen LogP contribution in [0, 0.1) is 0 Å². The lowest BCUT2D eigenvalue weighted by atomic mass is 9.86. The molecular weight excluding hydrogens is 252 g/mol. The van der Waals surface area contributed by atoms with Gasteiger partial charge in [-0.2, -0.15) is 0 Å². The van der Waals surface area contributed by atoms with Crippen molar-refractivity contribution in [2.45, 2.75) is 32.2 Å². The number of nitrogens with one attached hydrogen (secondary N) is 1. The Kier molecular flexibility index (Phi) is 6.68. The maximum atomic E-state index is 11.8. The average Bonchev–Trinajstić information content (AvgIpc) is 2.48. The fourth-order valence-electron chi connectivity index (χ4n) is 2.54. The van der Waals surface area contributed by atoms with Gasteiger partial charge in [-0.3, -0.25) is 0 Å². The normalized spacial score (nSPS) is 14.2. The second-order valence-corrected chi connectivity index (χ2v) is 5.01.